The van der Waals surface area contributed by atoms with Crippen LogP contribution in [0, 0.1) is 6.92 Å². The van der Waals surface area contributed by atoms with E-state index in [1.807, 2.05) is 19.1 Å². The van der Waals surface area contributed by atoms with Gasteiger partial charge < -0.3 is 20.3 Å². The summed E-state index contributed by atoms with van der Waals surface area (Å²) in [5, 5.41) is 9.80. The van der Waals surface area contributed by atoms with Gasteiger partial charge in [0.05, 0.1) is 6.10 Å². The number of rotatable bonds is 3. The Morgan fingerprint density at radius 2 is 2.27 bits per heavy atom. The summed E-state index contributed by atoms with van der Waals surface area (Å²) in [4.78, 5) is 0. The van der Waals surface area contributed by atoms with Gasteiger partial charge in [0.2, 0.25) is 6.79 Å². The number of ether oxygens (including phenoxy) is 2. The lowest BCUT2D eigenvalue weighted by atomic mass is 10.0. The topological polar surface area (TPSA) is 64.7 Å². The number of aliphatic hydroxyl groups excluding tert-OH is 1. The third kappa shape index (κ3) is 1.91. The van der Waals surface area contributed by atoms with Crippen LogP contribution in [0.1, 0.15) is 23.7 Å². The molecular formula is C11H15NO3. The average molecular weight is 209 g/mol. The molecule has 0 amide bonds. The van der Waals surface area contributed by atoms with E-state index in [-0.39, 0.29) is 6.79 Å². The van der Waals surface area contributed by atoms with E-state index in [9.17, 15) is 5.11 Å². The molecule has 82 valence electrons. The summed E-state index contributed by atoms with van der Waals surface area (Å²) in [6.45, 7) is 2.66. The normalized spacial score (nSPS) is 15.4. The van der Waals surface area contributed by atoms with E-state index in [2.05, 4.69) is 0 Å². The van der Waals surface area contributed by atoms with Gasteiger partial charge in [-0.1, -0.05) is 0 Å². The maximum atomic E-state index is 9.80. The lowest BCUT2D eigenvalue weighted by Crippen LogP contribution is -2.06. The van der Waals surface area contributed by atoms with Gasteiger partial charge in [-0.2, -0.15) is 0 Å². The van der Waals surface area contributed by atoms with Crippen LogP contribution in [0.3, 0.4) is 0 Å². The lowest BCUT2D eigenvalue weighted by Gasteiger charge is -2.11. The predicted molar refractivity (Wildman–Crippen MR) is 55.9 cm³/mol. The molecule has 0 fully saturated rings. The highest BCUT2D eigenvalue weighted by atomic mass is 16.7. The number of benzene rings is 1. The first kappa shape index (κ1) is 10.3. The summed E-state index contributed by atoms with van der Waals surface area (Å²) in [5.74, 6) is 1.49. The summed E-state index contributed by atoms with van der Waals surface area (Å²) < 4.78 is 10.6. The van der Waals surface area contributed by atoms with Gasteiger partial charge in [-0.25, -0.2) is 0 Å². The van der Waals surface area contributed by atoms with E-state index in [1.165, 1.54) is 0 Å². The molecular weight excluding hydrogens is 194 g/mol. The molecule has 1 atom stereocenters. The highest BCUT2D eigenvalue weighted by Crippen LogP contribution is 2.38. The molecule has 0 bridgehead atoms. The number of hydrogen-bond acceptors (Lipinski definition) is 4. The van der Waals surface area contributed by atoms with E-state index in [0.29, 0.717) is 18.7 Å². The van der Waals surface area contributed by atoms with Crippen LogP contribution in [-0.2, 0) is 0 Å². The molecule has 3 N–H and O–H groups in total. The standard InChI is InChI=1S/C11H15NO3/c1-7-4-8(9(13)2-3-12)5-10-11(7)15-6-14-10/h4-5,9,13H,2-3,6,12H2,1H3. The lowest BCUT2D eigenvalue weighted by molar-refractivity contribution is 0.167. The highest BCUT2D eigenvalue weighted by molar-refractivity contribution is 5.50. The Balaban J connectivity index is 2.30. The number of hydrogen-bond donors (Lipinski definition) is 2. The van der Waals surface area contributed by atoms with Crippen molar-refractivity contribution in [2.75, 3.05) is 13.3 Å². The van der Waals surface area contributed by atoms with Crippen LogP contribution in [0.4, 0.5) is 0 Å². The second kappa shape index (κ2) is 4.08. The summed E-state index contributed by atoms with van der Waals surface area (Å²) in [5.41, 5.74) is 7.22. The zero-order chi connectivity index (χ0) is 10.8. The average Bonchev–Trinajstić information content (AvgIpc) is 2.66. The number of nitrogens with two attached hydrogens (primary N) is 1. The van der Waals surface area contributed by atoms with Gasteiger partial charge in [-0.15, -0.1) is 0 Å². The zero-order valence-corrected chi connectivity index (χ0v) is 8.69. The molecule has 0 radical (unpaired) electrons. The van der Waals surface area contributed by atoms with E-state index < -0.39 is 6.10 Å². The first-order chi connectivity index (χ1) is 7.22. The van der Waals surface area contributed by atoms with Gasteiger partial charge in [-0.05, 0) is 43.1 Å². The minimum Gasteiger partial charge on any atom is -0.454 e. The molecule has 1 unspecified atom stereocenters. The van der Waals surface area contributed by atoms with Gasteiger partial charge in [0.1, 0.15) is 0 Å². The highest BCUT2D eigenvalue weighted by Gasteiger charge is 2.19. The molecule has 0 saturated carbocycles. The van der Waals surface area contributed by atoms with Gasteiger partial charge in [-0.3, -0.25) is 0 Å². The second-order valence-electron chi connectivity index (χ2n) is 3.66. The fourth-order valence-corrected chi connectivity index (χ4v) is 1.73. The first-order valence-corrected chi connectivity index (χ1v) is 5.00. The zero-order valence-electron chi connectivity index (χ0n) is 8.69. The van der Waals surface area contributed by atoms with Crippen LogP contribution in [0.2, 0.25) is 0 Å². The van der Waals surface area contributed by atoms with E-state index in [0.717, 1.165) is 16.9 Å². The summed E-state index contributed by atoms with van der Waals surface area (Å²) >= 11 is 0. The molecule has 4 nitrogen and oxygen atoms in total. The molecule has 4 heteroatoms. The van der Waals surface area contributed by atoms with Gasteiger partial charge in [0.15, 0.2) is 11.5 Å². The van der Waals surface area contributed by atoms with Crippen molar-refractivity contribution in [2.24, 2.45) is 5.73 Å². The fraction of sp³-hybridized carbons (Fsp3) is 0.455. The Kier molecular flexibility index (Phi) is 2.79. The summed E-state index contributed by atoms with van der Waals surface area (Å²) in [6, 6.07) is 3.73. The van der Waals surface area contributed by atoms with E-state index in [4.69, 9.17) is 15.2 Å². The molecule has 0 spiro atoms. The summed E-state index contributed by atoms with van der Waals surface area (Å²) in [6.07, 6.45) is 0.0298. The van der Waals surface area contributed by atoms with Crippen molar-refractivity contribution in [3.63, 3.8) is 0 Å². The number of aryl methyl sites for hydroxylation is 1. The van der Waals surface area contributed by atoms with Crippen LogP contribution in [-0.4, -0.2) is 18.4 Å². The van der Waals surface area contributed by atoms with Gasteiger partial charge in [0, 0.05) is 0 Å². The molecule has 1 aliphatic rings. The quantitative estimate of drug-likeness (QED) is 0.782. The van der Waals surface area contributed by atoms with Crippen molar-refractivity contribution in [1.82, 2.24) is 0 Å². The Morgan fingerprint density at radius 3 is 3.00 bits per heavy atom. The van der Waals surface area contributed by atoms with Crippen LogP contribution in [0.5, 0.6) is 11.5 Å². The van der Waals surface area contributed by atoms with Crippen molar-refractivity contribution in [2.45, 2.75) is 19.4 Å². The second-order valence-corrected chi connectivity index (χ2v) is 3.66. The molecule has 2 rings (SSSR count). The molecule has 15 heavy (non-hydrogen) atoms. The van der Waals surface area contributed by atoms with Gasteiger partial charge in [0.25, 0.3) is 0 Å². The Hall–Kier alpha value is -1.26. The van der Waals surface area contributed by atoms with Crippen molar-refractivity contribution in [3.8, 4) is 11.5 Å². The van der Waals surface area contributed by atoms with E-state index in [1.54, 1.807) is 0 Å². The van der Waals surface area contributed by atoms with Crippen molar-refractivity contribution in [3.05, 3.63) is 23.3 Å². The third-order valence-electron chi connectivity index (χ3n) is 2.51. The molecule has 1 aliphatic heterocycles. The molecule has 0 aliphatic carbocycles. The Morgan fingerprint density at radius 1 is 1.47 bits per heavy atom. The molecule has 1 heterocycles. The summed E-state index contributed by atoms with van der Waals surface area (Å²) in [7, 11) is 0. The van der Waals surface area contributed by atoms with Crippen LogP contribution < -0.4 is 15.2 Å². The van der Waals surface area contributed by atoms with Gasteiger partial charge >= 0.3 is 0 Å². The Bertz CT molecular complexity index is 365. The molecule has 1 aromatic carbocycles. The fourth-order valence-electron chi connectivity index (χ4n) is 1.73. The third-order valence-corrected chi connectivity index (χ3v) is 2.51. The molecule has 0 aromatic heterocycles. The minimum absolute atomic E-state index is 0.257. The largest absolute Gasteiger partial charge is 0.454 e. The Labute approximate surface area is 88.6 Å². The first-order valence-electron chi connectivity index (χ1n) is 5.00. The minimum atomic E-state index is -0.525. The molecule has 1 aromatic rings. The predicted octanol–water partition coefficient (Wildman–Crippen LogP) is 1.11. The van der Waals surface area contributed by atoms with E-state index >= 15 is 0 Å². The van der Waals surface area contributed by atoms with Crippen LogP contribution >= 0.6 is 0 Å². The van der Waals surface area contributed by atoms with Crippen LogP contribution in [0.15, 0.2) is 12.1 Å². The molecule has 0 saturated heterocycles. The monoisotopic (exact) mass is 209 g/mol. The number of fused-ring (bicyclic) bond motifs is 1. The van der Waals surface area contributed by atoms with Crippen LogP contribution in [0.25, 0.3) is 0 Å². The smallest absolute Gasteiger partial charge is 0.231 e. The van der Waals surface area contributed by atoms with Crippen molar-refractivity contribution in [1.29, 1.82) is 0 Å². The number of aliphatic hydroxyl groups is 1. The SMILES string of the molecule is Cc1cc(C(O)CCN)cc2c1OCO2. The van der Waals surface area contributed by atoms with Crippen molar-refractivity contribution >= 4 is 0 Å². The maximum Gasteiger partial charge on any atom is 0.231 e. The van der Waals surface area contributed by atoms with Crippen molar-refractivity contribution < 1.29 is 14.6 Å². The maximum absolute atomic E-state index is 9.80.